The molecule has 0 aromatic carbocycles. The number of pyridine rings is 1. The van der Waals surface area contributed by atoms with E-state index in [1.165, 1.54) is 0 Å². The lowest BCUT2D eigenvalue weighted by molar-refractivity contribution is 0.0526. The fourth-order valence-corrected chi connectivity index (χ4v) is 2.79. The highest BCUT2D eigenvalue weighted by Crippen LogP contribution is 2.25. The summed E-state index contributed by atoms with van der Waals surface area (Å²) >= 11 is 6.84. The Bertz CT molecular complexity index is 548. The zero-order chi connectivity index (χ0) is 11.7. The predicted octanol–water partition coefficient (Wildman–Crippen LogP) is 3.64. The van der Waals surface area contributed by atoms with Crippen molar-refractivity contribution in [3.05, 3.63) is 39.0 Å². The van der Waals surface area contributed by atoms with Gasteiger partial charge in [-0.1, -0.05) is 0 Å². The number of carbonyl (C=O) groups excluding carboxylic acids is 1. The Balaban J connectivity index is 2.51. The van der Waals surface area contributed by atoms with Gasteiger partial charge in [0.1, 0.15) is 0 Å². The summed E-state index contributed by atoms with van der Waals surface area (Å²) in [5.74, 6) is -0.297. The van der Waals surface area contributed by atoms with E-state index in [1.807, 2.05) is 16.7 Å². The van der Waals surface area contributed by atoms with Crippen molar-refractivity contribution in [2.45, 2.75) is 6.92 Å². The van der Waals surface area contributed by atoms with Gasteiger partial charge in [-0.15, -0.1) is 0 Å². The van der Waals surface area contributed by atoms with Gasteiger partial charge in [0.05, 0.1) is 17.7 Å². The number of aromatic nitrogens is 1. The summed E-state index contributed by atoms with van der Waals surface area (Å²) in [5, 5.41) is 0. The first kappa shape index (κ1) is 11.7. The van der Waals surface area contributed by atoms with Crippen LogP contribution in [0.25, 0.3) is 5.52 Å². The molecule has 2 rings (SSSR count). The Kier molecular flexibility index (Phi) is 3.35. The van der Waals surface area contributed by atoms with Gasteiger partial charge in [0.25, 0.3) is 0 Å². The molecule has 0 spiro atoms. The van der Waals surface area contributed by atoms with E-state index >= 15 is 0 Å². The molecule has 0 unspecified atom stereocenters. The van der Waals surface area contributed by atoms with Gasteiger partial charge in [-0.3, -0.25) is 0 Å². The van der Waals surface area contributed by atoms with Crippen LogP contribution in [0.3, 0.4) is 0 Å². The van der Waals surface area contributed by atoms with Crippen LogP contribution >= 0.6 is 31.9 Å². The number of hydrogen-bond donors (Lipinski definition) is 0. The number of carbonyl (C=O) groups is 1. The molecule has 0 amide bonds. The minimum atomic E-state index is -0.297. The number of halogens is 2. The molecule has 2 aromatic rings. The molecule has 0 fully saturated rings. The number of esters is 1. The van der Waals surface area contributed by atoms with Crippen LogP contribution < -0.4 is 0 Å². The van der Waals surface area contributed by atoms with E-state index in [1.54, 1.807) is 19.2 Å². The second-order valence-electron chi connectivity index (χ2n) is 3.25. The van der Waals surface area contributed by atoms with Gasteiger partial charge in [-0.2, -0.15) is 0 Å². The van der Waals surface area contributed by atoms with Gasteiger partial charge in [0.15, 0.2) is 0 Å². The molecule has 2 heterocycles. The number of rotatable bonds is 2. The molecule has 0 saturated carbocycles. The van der Waals surface area contributed by atoms with Gasteiger partial charge in [-0.25, -0.2) is 4.79 Å². The minimum Gasteiger partial charge on any atom is -0.462 e. The third-order valence-corrected chi connectivity index (χ3v) is 3.20. The summed E-state index contributed by atoms with van der Waals surface area (Å²) in [6.07, 6.45) is 3.64. The average molecular weight is 347 g/mol. The molecule has 0 radical (unpaired) electrons. The third kappa shape index (κ3) is 2.15. The first-order valence-electron chi connectivity index (χ1n) is 4.75. The molecule has 0 aliphatic carbocycles. The lowest BCUT2D eigenvalue weighted by atomic mass is 10.3. The molecule has 0 bridgehead atoms. The van der Waals surface area contributed by atoms with Crippen molar-refractivity contribution >= 4 is 43.3 Å². The normalized spacial score (nSPS) is 10.7. The number of hydrogen-bond acceptors (Lipinski definition) is 2. The highest BCUT2D eigenvalue weighted by atomic mass is 79.9. The maximum Gasteiger partial charge on any atom is 0.339 e. The van der Waals surface area contributed by atoms with E-state index in [0.29, 0.717) is 12.2 Å². The van der Waals surface area contributed by atoms with E-state index in [9.17, 15) is 4.79 Å². The van der Waals surface area contributed by atoms with Crippen molar-refractivity contribution in [3.8, 4) is 0 Å². The Hall–Kier alpha value is -0.810. The van der Waals surface area contributed by atoms with Crippen molar-refractivity contribution in [2.75, 3.05) is 6.61 Å². The standard InChI is InChI=1S/C11H9Br2NO2/c1-2-16-11(15)7-3-10-9(13)4-8(12)6-14(10)5-7/h3-6H,2H2,1H3. The molecule has 2 aromatic heterocycles. The fraction of sp³-hybridized carbons (Fsp3) is 0.182. The van der Waals surface area contributed by atoms with Crippen LogP contribution in [-0.4, -0.2) is 17.0 Å². The highest BCUT2D eigenvalue weighted by Gasteiger charge is 2.11. The van der Waals surface area contributed by atoms with Crippen LogP contribution in [0.2, 0.25) is 0 Å². The maximum atomic E-state index is 11.5. The van der Waals surface area contributed by atoms with Crippen molar-refractivity contribution in [2.24, 2.45) is 0 Å². The Labute approximate surface area is 110 Å². The molecular formula is C11H9Br2NO2. The first-order valence-corrected chi connectivity index (χ1v) is 6.34. The Morgan fingerprint density at radius 3 is 2.81 bits per heavy atom. The second kappa shape index (κ2) is 4.59. The predicted molar refractivity (Wildman–Crippen MR) is 68.8 cm³/mol. The summed E-state index contributed by atoms with van der Waals surface area (Å²) in [6, 6.07) is 3.73. The molecule has 16 heavy (non-hydrogen) atoms. The molecule has 3 nitrogen and oxygen atoms in total. The van der Waals surface area contributed by atoms with E-state index in [0.717, 1.165) is 14.5 Å². The molecular weight excluding hydrogens is 338 g/mol. The lowest BCUT2D eigenvalue weighted by Gasteiger charge is -1.98. The second-order valence-corrected chi connectivity index (χ2v) is 5.02. The summed E-state index contributed by atoms with van der Waals surface area (Å²) < 4.78 is 8.69. The fourth-order valence-electron chi connectivity index (χ4n) is 1.47. The molecule has 0 saturated heterocycles. The van der Waals surface area contributed by atoms with Crippen LogP contribution in [0, 0.1) is 0 Å². The topological polar surface area (TPSA) is 30.7 Å². The van der Waals surface area contributed by atoms with Crippen LogP contribution in [0.15, 0.2) is 33.5 Å². The number of fused-ring (bicyclic) bond motifs is 1. The quantitative estimate of drug-likeness (QED) is 0.777. The molecule has 0 aliphatic heterocycles. The number of ether oxygens (including phenoxy) is 1. The van der Waals surface area contributed by atoms with Crippen molar-refractivity contribution in [1.82, 2.24) is 4.40 Å². The van der Waals surface area contributed by atoms with E-state index in [4.69, 9.17) is 4.74 Å². The van der Waals surface area contributed by atoms with Crippen LogP contribution in [0.1, 0.15) is 17.3 Å². The molecule has 0 N–H and O–H groups in total. The molecule has 5 heteroatoms. The number of nitrogens with zero attached hydrogens (tertiary/aromatic N) is 1. The van der Waals surface area contributed by atoms with Crippen molar-refractivity contribution < 1.29 is 9.53 Å². The summed E-state index contributed by atoms with van der Waals surface area (Å²) in [5.41, 5.74) is 1.49. The molecule has 0 atom stereocenters. The van der Waals surface area contributed by atoms with E-state index in [2.05, 4.69) is 31.9 Å². The first-order chi connectivity index (χ1) is 7.61. The van der Waals surface area contributed by atoms with Gasteiger partial charge in [-0.05, 0) is 50.9 Å². The van der Waals surface area contributed by atoms with Crippen LogP contribution in [0.4, 0.5) is 0 Å². The molecule has 0 aliphatic rings. The van der Waals surface area contributed by atoms with E-state index < -0.39 is 0 Å². The highest BCUT2D eigenvalue weighted by molar-refractivity contribution is 9.11. The van der Waals surface area contributed by atoms with Gasteiger partial charge in [0, 0.05) is 21.3 Å². The zero-order valence-electron chi connectivity index (χ0n) is 8.54. The van der Waals surface area contributed by atoms with Crippen LogP contribution in [-0.2, 0) is 4.74 Å². The monoisotopic (exact) mass is 345 g/mol. The van der Waals surface area contributed by atoms with Crippen molar-refractivity contribution in [3.63, 3.8) is 0 Å². The maximum absolute atomic E-state index is 11.5. The van der Waals surface area contributed by atoms with Crippen molar-refractivity contribution in [1.29, 1.82) is 0 Å². The SMILES string of the molecule is CCOC(=O)c1cc2c(Br)cc(Br)cn2c1. The van der Waals surface area contributed by atoms with Gasteiger partial charge < -0.3 is 9.14 Å². The smallest absolute Gasteiger partial charge is 0.339 e. The lowest BCUT2D eigenvalue weighted by Crippen LogP contribution is -2.02. The summed E-state index contributed by atoms with van der Waals surface area (Å²) in [6.45, 7) is 2.18. The van der Waals surface area contributed by atoms with Gasteiger partial charge in [0.2, 0.25) is 0 Å². The molecule has 84 valence electrons. The summed E-state index contributed by atoms with van der Waals surface area (Å²) in [4.78, 5) is 11.5. The Morgan fingerprint density at radius 2 is 2.12 bits per heavy atom. The third-order valence-electron chi connectivity index (χ3n) is 2.13. The summed E-state index contributed by atoms with van der Waals surface area (Å²) in [7, 11) is 0. The van der Waals surface area contributed by atoms with E-state index in [-0.39, 0.29) is 5.97 Å². The largest absolute Gasteiger partial charge is 0.462 e. The zero-order valence-corrected chi connectivity index (χ0v) is 11.7. The average Bonchev–Trinajstić information content (AvgIpc) is 2.62. The van der Waals surface area contributed by atoms with Crippen LogP contribution in [0.5, 0.6) is 0 Å². The van der Waals surface area contributed by atoms with Gasteiger partial charge >= 0.3 is 5.97 Å². The minimum absolute atomic E-state index is 0.297. The Morgan fingerprint density at radius 1 is 1.38 bits per heavy atom.